The van der Waals surface area contributed by atoms with Gasteiger partial charge in [0.25, 0.3) is 5.56 Å². The van der Waals surface area contributed by atoms with Gasteiger partial charge in [-0.05, 0) is 30.4 Å². The zero-order valence-corrected chi connectivity index (χ0v) is 15.9. The van der Waals surface area contributed by atoms with Gasteiger partial charge >= 0.3 is 0 Å². The highest BCUT2D eigenvalue weighted by molar-refractivity contribution is 7.20. The molecule has 0 amide bonds. The summed E-state index contributed by atoms with van der Waals surface area (Å²) in [5.74, 6) is 0. The summed E-state index contributed by atoms with van der Waals surface area (Å²) in [5.41, 5.74) is 1.75. The van der Waals surface area contributed by atoms with E-state index in [1.807, 2.05) is 37.3 Å². The van der Waals surface area contributed by atoms with Gasteiger partial charge in [0.15, 0.2) is 0 Å². The topological polar surface area (TPSA) is 59.3 Å². The Bertz CT molecular complexity index is 1170. The van der Waals surface area contributed by atoms with Crippen LogP contribution in [0.5, 0.6) is 0 Å². The highest BCUT2D eigenvalue weighted by Gasteiger charge is 2.14. The third kappa shape index (κ3) is 2.95. The monoisotopic (exact) mass is 384 g/mol. The van der Waals surface area contributed by atoms with Crippen LogP contribution in [-0.4, -0.2) is 14.6 Å². The Labute approximate surface area is 159 Å². The van der Waals surface area contributed by atoms with Gasteiger partial charge in [0.2, 0.25) is 10.1 Å². The summed E-state index contributed by atoms with van der Waals surface area (Å²) in [6.07, 6.45) is 0.722. The molecule has 0 aliphatic heterocycles. The average molecular weight is 385 g/mol. The van der Waals surface area contributed by atoms with Crippen molar-refractivity contribution in [3.05, 3.63) is 69.1 Å². The van der Waals surface area contributed by atoms with Crippen LogP contribution in [0.15, 0.2) is 47.3 Å². The van der Waals surface area contributed by atoms with Crippen molar-refractivity contribution in [1.82, 2.24) is 14.6 Å². The van der Waals surface area contributed by atoms with Crippen LogP contribution < -0.4 is 10.9 Å². The fourth-order valence-corrected chi connectivity index (χ4v) is 4.16. The SMILES string of the molecule is CCc1cc(=O)n2nc(NC(C)c3ccc(Cl)c4ccccc34)sc2n1. The van der Waals surface area contributed by atoms with E-state index in [1.165, 1.54) is 21.9 Å². The Kier molecular flexibility index (Phi) is 4.38. The van der Waals surface area contributed by atoms with E-state index in [1.54, 1.807) is 0 Å². The van der Waals surface area contributed by atoms with E-state index in [4.69, 9.17) is 11.6 Å². The predicted molar refractivity (Wildman–Crippen MR) is 108 cm³/mol. The van der Waals surface area contributed by atoms with Crippen LogP contribution in [0, 0.1) is 0 Å². The molecule has 5 nitrogen and oxygen atoms in total. The van der Waals surface area contributed by atoms with E-state index in [2.05, 4.69) is 28.4 Å². The molecule has 7 heteroatoms. The number of nitrogens with one attached hydrogen (secondary N) is 1. The molecule has 1 N–H and O–H groups in total. The molecule has 2 aromatic carbocycles. The van der Waals surface area contributed by atoms with Gasteiger partial charge in [0, 0.05) is 22.2 Å². The van der Waals surface area contributed by atoms with Crippen molar-refractivity contribution in [3.8, 4) is 0 Å². The van der Waals surface area contributed by atoms with Gasteiger partial charge in [-0.1, -0.05) is 60.2 Å². The van der Waals surface area contributed by atoms with Gasteiger partial charge < -0.3 is 5.32 Å². The summed E-state index contributed by atoms with van der Waals surface area (Å²) < 4.78 is 1.35. The molecular formula is C19H17ClN4OS. The minimum absolute atomic E-state index is 0.000855. The number of aryl methyl sites for hydroxylation is 1. The number of aromatic nitrogens is 3. The van der Waals surface area contributed by atoms with Crippen molar-refractivity contribution < 1.29 is 0 Å². The molecule has 26 heavy (non-hydrogen) atoms. The molecule has 2 aromatic heterocycles. The molecule has 0 spiro atoms. The Hall–Kier alpha value is -2.44. The summed E-state index contributed by atoms with van der Waals surface area (Å²) in [5, 5.41) is 11.3. The van der Waals surface area contributed by atoms with Crippen LogP contribution in [0.4, 0.5) is 5.13 Å². The second-order valence-electron chi connectivity index (χ2n) is 6.09. The van der Waals surface area contributed by atoms with Crippen molar-refractivity contribution in [1.29, 1.82) is 0 Å². The quantitative estimate of drug-likeness (QED) is 0.554. The van der Waals surface area contributed by atoms with Crippen molar-refractivity contribution in [2.45, 2.75) is 26.3 Å². The van der Waals surface area contributed by atoms with Crippen LogP contribution in [0.2, 0.25) is 5.02 Å². The molecule has 2 heterocycles. The van der Waals surface area contributed by atoms with Gasteiger partial charge in [-0.3, -0.25) is 4.79 Å². The lowest BCUT2D eigenvalue weighted by Crippen LogP contribution is -2.15. The van der Waals surface area contributed by atoms with Crippen LogP contribution >= 0.6 is 22.9 Å². The zero-order valence-electron chi connectivity index (χ0n) is 14.4. The molecule has 0 aliphatic rings. The minimum atomic E-state index is -0.152. The summed E-state index contributed by atoms with van der Waals surface area (Å²) in [4.78, 5) is 17.2. The number of anilines is 1. The van der Waals surface area contributed by atoms with Crippen molar-refractivity contribution >= 4 is 43.8 Å². The molecule has 1 atom stereocenters. The maximum absolute atomic E-state index is 12.2. The van der Waals surface area contributed by atoms with E-state index in [0.717, 1.165) is 33.5 Å². The van der Waals surface area contributed by atoms with E-state index in [9.17, 15) is 4.79 Å². The number of benzene rings is 2. The number of hydrogen-bond acceptors (Lipinski definition) is 5. The molecule has 0 saturated carbocycles. The van der Waals surface area contributed by atoms with Crippen molar-refractivity contribution in [3.63, 3.8) is 0 Å². The first-order chi connectivity index (χ1) is 12.6. The Balaban J connectivity index is 1.72. The number of halogens is 1. The maximum Gasteiger partial charge on any atom is 0.275 e. The van der Waals surface area contributed by atoms with Crippen molar-refractivity contribution in [2.75, 3.05) is 5.32 Å². The number of nitrogens with zero attached hydrogens (tertiary/aromatic N) is 3. The first-order valence-electron chi connectivity index (χ1n) is 8.40. The molecule has 0 saturated heterocycles. The first-order valence-corrected chi connectivity index (χ1v) is 9.59. The van der Waals surface area contributed by atoms with E-state index in [-0.39, 0.29) is 11.6 Å². The van der Waals surface area contributed by atoms with Crippen LogP contribution in [0.3, 0.4) is 0 Å². The standard InChI is InChI=1S/C19H17ClN4OS/c1-3-12-10-17(25)24-19(22-12)26-18(23-24)21-11(2)13-8-9-16(20)15-7-5-4-6-14(13)15/h4-11H,3H2,1-2H3,(H,21,23). The normalized spacial score (nSPS) is 12.6. The fraction of sp³-hybridized carbons (Fsp3) is 0.211. The van der Waals surface area contributed by atoms with Gasteiger partial charge in [-0.15, -0.1) is 5.10 Å². The molecule has 0 radical (unpaired) electrons. The Morgan fingerprint density at radius 2 is 2.00 bits per heavy atom. The van der Waals surface area contributed by atoms with Gasteiger partial charge in [-0.25, -0.2) is 4.98 Å². The predicted octanol–water partition coefficient (Wildman–Crippen LogP) is 4.69. The Morgan fingerprint density at radius 3 is 2.77 bits per heavy atom. The highest BCUT2D eigenvalue weighted by Crippen LogP contribution is 2.32. The largest absolute Gasteiger partial charge is 0.354 e. The third-order valence-corrected chi connectivity index (χ3v) is 5.54. The molecule has 0 fully saturated rings. The molecular weight excluding hydrogens is 368 g/mol. The average Bonchev–Trinajstić information content (AvgIpc) is 3.05. The molecule has 1 unspecified atom stereocenters. The van der Waals surface area contributed by atoms with E-state index in [0.29, 0.717) is 10.1 Å². The summed E-state index contributed by atoms with van der Waals surface area (Å²) in [6.45, 7) is 4.04. The molecule has 4 rings (SSSR count). The van der Waals surface area contributed by atoms with Crippen LogP contribution in [-0.2, 0) is 6.42 Å². The van der Waals surface area contributed by atoms with Crippen molar-refractivity contribution in [2.24, 2.45) is 0 Å². The number of rotatable bonds is 4. The zero-order chi connectivity index (χ0) is 18.3. The molecule has 4 aromatic rings. The van der Waals surface area contributed by atoms with Crippen LogP contribution in [0.1, 0.15) is 31.1 Å². The Morgan fingerprint density at radius 1 is 1.23 bits per heavy atom. The van der Waals surface area contributed by atoms with E-state index < -0.39 is 0 Å². The van der Waals surface area contributed by atoms with Gasteiger partial charge in [0.1, 0.15) is 0 Å². The minimum Gasteiger partial charge on any atom is -0.354 e. The van der Waals surface area contributed by atoms with Gasteiger partial charge in [0.05, 0.1) is 6.04 Å². The van der Waals surface area contributed by atoms with Crippen LogP contribution in [0.25, 0.3) is 15.7 Å². The lowest BCUT2D eigenvalue weighted by atomic mass is 10.00. The fourth-order valence-electron chi connectivity index (χ4n) is 3.02. The third-order valence-electron chi connectivity index (χ3n) is 4.37. The summed E-state index contributed by atoms with van der Waals surface area (Å²) in [6, 6.07) is 13.5. The number of fused-ring (bicyclic) bond motifs is 2. The summed E-state index contributed by atoms with van der Waals surface area (Å²) >= 11 is 7.69. The molecule has 0 aliphatic carbocycles. The summed E-state index contributed by atoms with van der Waals surface area (Å²) in [7, 11) is 0. The lowest BCUT2D eigenvalue weighted by Gasteiger charge is -2.16. The second-order valence-corrected chi connectivity index (χ2v) is 7.45. The smallest absolute Gasteiger partial charge is 0.275 e. The molecule has 0 bridgehead atoms. The first kappa shape index (κ1) is 17.0. The van der Waals surface area contributed by atoms with Gasteiger partial charge in [-0.2, -0.15) is 4.52 Å². The molecule has 132 valence electrons. The lowest BCUT2D eigenvalue weighted by molar-refractivity contribution is 0.845. The maximum atomic E-state index is 12.2. The highest BCUT2D eigenvalue weighted by atomic mass is 35.5. The van der Waals surface area contributed by atoms with E-state index >= 15 is 0 Å². The second kappa shape index (κ2) is 6.70. The number of hydrogen-bond donors (Lipinski definition) is 1.